The van der Waals surface area contributed by atoms with Crippen molar-refractivity contribution in [2.75, 3.05) is 18.5 Å². The minimum Gasteiger partial charge on any atom is -0.348 e. The molecule has 1 amide bonds. The molecule has 0 spiro atoms. The van der Waals surface area contributed by atoms with Gasteiger partial charge in [0.1, 0.15) is 17.7 Å². The molecule has 2 heterocycles. The van der Waals surface area contributed by atoms with Gasteiger partial charge in [-0.05, 0) is 23.6 Å². The first-order valence-electron chi connectivity index (χ1n) is 8.35. The van der Waals surface area contributed by atoms with E-state index in [1.165, 1.54) is 18.5 Å². The maximum atomic E-state index is 13.2. The fourth-order valence-electron chi connectivity index (χ4n) is 2.86. The summed E-state index contributed by atoms with van der Waals surface area (Å²) in [6.45, 7) is 4.14. The second-order valence-corrected chi connectivity index (χ2v) is 6.50. The van der Waals surface area contributed by atoms with Crippen molar-refractivity contribution >= 4 is 22.9 Å². The van der Waals surface area contributed by atoms with Gasteiger partial charge in [0, 0.05) is 7.05 Å². The van der Waals surface area contributed by atoms with Gasteiger partial charge in [-0.1, -0.05) is 26.0 Å². The Hall–Kier alpha value is -3.03. The van der Waals surface area contributed by atoms with Crippen molar-refractivity contribution in [2.24, 2.45) is 5.92 Å². The molecule has 0 aliphatic carbocycles. The fourth-order valence-corrected chi connectivity index (χ4v) is 2.86. The van der Waals surface area contributed by atoms with E-state index in [4.69, 9.17) is 0 Å². The zero-order chi connectivity index (χ0) is 18.7. The highest BCUT2D eigenvalue weighted by Crippen LogP contribution is 2.22. The van der Waals surface area contributed by atoms with Gasteiger partial charge >= 0.3 is 0 Å². The van der Waals surface area contributed by atoms with Crippen LogP contribution in [0.25, 0.3) is 11.2 Å². The molecular weight excluding hydrogens is 335 g/mol. The van der Waals surface area contributed by atoms with Gasteiger partial charge in [0.05, 0.1) is 18.9 Å². The van der Waals surface area contributed by atoms with Gasteiger partial charge in [-0.15, -0.1) is 0 Å². The molecule has 7 nitrogen and oxygen atoms in total. The van der Waals surface area contributed by atoms with Crippen molar-refractivity contribution in [1.82, 2.24) is 25.3 Å². The lowest BCUT2D eigenvalue weighted by molar-refractivity contribution is -0.120. The highest BCUT2D eigenvalue weighted by atomic mass is 19.1. The monoisotopic (exact) mass is 356 g/mol. The molecule has 0 fully saturated rings. The van der Waals surface area contributed by atoms with Crippen molar-refractivity contribution in [3.63, 3.8) is 0 Å². The molecule has 1 atom stereocenters. The molecule has 3 aromatic rings. The number of amides is 1. The lowest BCUT2D eigenvalue weighted by Crippen LogP contribution is -2.39. The summed E-state index contributed by atoms with van der Waals surface area (Å²) in [4.78, 5) is 29.7. The summed E-state index contributed by atoms with van der Waals surface area (Å²) in [5, 5.41) is 3.02. The second kappa shape index (κ2) is 7.47. The number of halogens is 1. The first-order chi connectivity index (χ1) is 12.5. The van der Waals surface area contributed by atoms with Crippen LogP contribution in [-0.4, -0.2) is 39.4 Å². The number of rotatable bonds is 6. The number of hydrogen-bond donors (Lipinski definition) is 2. The Morgan fingerprint density at radius 1 is 1.23 bits per heavy atom. The Bertz CT molecular complexity index is 892. The van der Waals surface area contributed by atoms with Crippen LogP contribution in [0, 0.1) is 11.7 Å². The zero-order valence-corrected chi connectivity index (χ0v) is 14.9. The van der Waals surface area contributed by atoms with Gasteiger partial charge in [0.2, 0.25) is 5.91 Å². The lowest BCUT2D eigenvalue weighted by atomic mass is 9.96. The number of likely N-dealkylation sites (N-methyl/N-ethyl adjacent to an activating group) is 1. The Morgan fingerprint density at radius 2 is 1.96 bits per heavy atom. The van der Waals surface area contributed by atoms with Crippen LogP contribution in [0.3, 0.4) is 0 Å². The lowest BCUT2D eigenvalue weighted by Gasteiger charge is -2.25. The van der Waals surface area contributed by atoms with Gasteiger partial charge in [-0.25, -0.2) is 19.3 Å². The Balaban J connectivity index is 1.72. The molecule has 3 rings (SSSR count). The van der Waals surface area contributed by atoms with Crippen LogP contribution in [0.5, 0.6) is 0 Å². The Morgan fingerprint density at radius 3 is 2.65 bits per heavy atom. The predicted molar refractivity (Wildman–Crippen MR) is 97.1 cm³/mol. The molecule has 2 N–H and O–H groups in total. The van der Waals surface area contributed by atoms with Crippen LogP contribution in [0.1, 0.15) is 25.5 Å². The Kier molecular flexibility index (Phi) is 5.11. The smallest absolute Gasteiger partial charge is 0.240 e. The van der Waals surface area contributed by atoms with Crippen molar-refractivity contribution < 1.29 is 9.18 Å². The number of imidazole rings is 1. The van der Waals surface area contributed by atoms with Crippen molar-refractivity contribution in [1.29, 1.82) is 0 Å². The summed E-state index contributed by atoms with van der Waals surface area (Å²) in [6.07, 6.45) is 2.96. The maximum Gasteiger partial charge on any atom is 0.240 e. The molecule has 2 aromatic heterocycles. The summed E-state index contributed by atoms with van der Waals surface area (Å²) in [7, 11) is 1.78. The normalized spacial score (nSPS) is 12.3. The second-order valence-electron chi connectivity index (χ2n) is 6.50. The van der Waals surface area contributed by atoms with Crippen molar-refractivity contribution in [3.05, 3.63) is 48.3 Å². The number of nitrogens with zero attached hydrogens (tertiary/aromatic N) is 4. The molecule has 26 heavy (non-hydrogen) atoms. The largest absolute Gasteiger partial charge is 0.348 e. The number of aromatic amines is 1. The molecule has 0 bridgehead atoms. The van der Waals surface area contributed by atoms with Gasteiger partial charge in [-0.3, -0.25) is 4.79 Å². The highest BCUT2D eigenvalue weighted by molar-refractivity contribution is 5.87. The van der Waals surface area contributed by atoms with Crippen LogP contribution in [0.15, 0.2) is 36.9 Å². The fraction of sp³-hybridized carbons (Fsp3) is 0.333. The van der Waals surface area contributed by atoms with Crippen LogP contribution in [0.2, 0.25) is 0 Å². The van der Waals surface area contributed by atoms with E-state index < -0.39 is 0 Å². The standard InChI is InChI=1S/C18H21FN6O/c1-11(2)15(12-4-6-13(19)7-5-12)24-14(26)8-25(3)18-16-17(21-9-20-16)22-10-23-18/h4-7,9-11,15H,8H2,1-3H3,(H,24,26)(H,20,21,22,23). The molecular formula is C18H21FN6O. The number of aromatic nitrogens is 4. The molecule has 0 saturated heterocycles. The maximum absolute atomic E-state index is 13.2. The van der Waals surface area contributed by atoms with Gasteiger partial charge in [0.25, 0.3) is 0 Å². The van der Waals surface area contributed by atoms with E-state index in [2.05, 4.69) is 25.3 Å². The first-order valence-corrected chi connectivity index (χ1v) is 8.35. The summed E-state index contributed by atoms with van der Waals surface area (Å²) in [5.41, 5.74) is 2.10. The highest BCUT2D eigenvalue weighted by Gasteiger charge is 2.20. The molecule has 1 unspecified atom stereocenters. The van der Waals surface area contributed by atoms with Crippen molar-refractivity contribution in [3.8, 4) is 0 Å². The number of fused-ring (bicyclic) bond motifs is 1. The predicted octanol–water partition coefficient (Wildman–Crippen LogP) is 2.44. The molecule has 8 heteroatoms. The number of anilines is 1. The van der Waals surface area contributed by atoms with Crippen LogP contribution in [0.4, 0.5) is 10.2 Å². The third kappa shape index (κ3) is 3.79. The number of benzene rings is 1. The van der Waals surface area contributed by atoms with E-state index in [-0.39, 0.29) is 30.2 Å². The zero-order valence-electron chi connectivity index (χ0n) is 14.9. The molecule has 136 valence electrons. The minimum absolute atomic E-state index is 0.121. The topological polar surface area (TPSA) is 86.8 Å². The third-order valence-electron chi connectivity index (χ3n) is 4.16. The molecule has 0 aliphatic rings. The molecule has 0 saturated carbocycles. The average molecular weight is 356 g/mol. The van der Waals surface area contributed by atoms with E-state index in [0.717, 1.165) is 5.56 Å². The first kappa shape index (κ1) is 17.8. The average Bonchev–Trinajstić information content (AvgIpc) is 3.09. The number of carbonyl (C=O) groups is 1. The van der Waals surface area contributed by atoms with E-state index in [1.54, 1.807) is 30.4 Å². The van der Waals surface area contributed by atoms with Crippen LogP contribution < -0.4 is 10.2 Å². The SMILES string of the molecule is CC(C)C(NC(=O)CN(C)c1ncnc2nc[nH]c12)c1ccc(F)cc1. The molecule has 0 radical (unpaired) electrons. The van der Waals surface area contributed by atoms with Gasteiger partial charge in [0.15, 0.2) is 11.5 Å². The van der Waals surface area contributed by atoms with Crippen LogP contribution >= 0.6 is 0 Å². The Labute approximate surface area is 150 Å². The summed E-state index contributed by atoms with van der Waals surface area (Å²) >= 11 is 0. The van der Waals surface area contributed by atoms with E-state index in [0.29, 0.717) is 17.0 Å². The third-order valence-corrected chi connectivity index (χ3v) is 4.16. The summed E-state index contributed by atoms with van der Waals surface area (Å²) < 4.78 is 13.2. The van der Waals surface area contributed by atoms with Gasteiger partial charge < -0.3 is 15.2 Å². The number of H-pyrrole nitrogens is 1. The quantitative estimate of drug-likeness (QED) is 0.708. The van der Waals surface area contributed by atoms with Gasteiger partial charge in [-0.2, -0.15) is 0 Å². The van der Waals surface area contributed by atoms with E-state index >= 15 is 0 Å². The molecule has 0 aliphatic heterocycles. The number of hydrogen-bond acceptors (Lipinski definition) is 5. The number of carbonyl (C=O) groups excluding carboxylic acids is 1. The van der Waals surface area contributed by atoms with Crippen molar-refractivity contribution in [2.45, 2.75) is 19.9 Å². The number of nitrogens with one attached hydrogen (secondary N) is 2. The summed E-state index contributed by atoms with van der Waals surface area (Å²) in [5.74, 6) is 0.315. The minimum atomic E-state index is -0.297. The van der Waals surface area contributed by atoms with E-state index in [1.807, 2.05) is 13.8 Å². The van der Waals surface area contributed by atoms with E-state index in [9.17, 15) is 9.18 Å². The summed E-state index contributed by atoms with van der Waals surface area (Å²) in [6, 6.07) is 6.00. The molecule has 1 aromatic carbocycles. The van der Waals surface area contributed by atoms with Crippen LogP contribution in [-0.2, 0) is 4.79 Å².